The quantitative estimate of drug-likeness (QED) is 0.827. The van der Waals surface area contributed by atoms with Crippen molar-refractivity contribution in [2.75, 3.05) is 0 Å². The van der Waals surface area contributed by atoms with Crippen molar-refractivity contribution >= 4 is 0 Å². The van der Waals surface area contributed by atoms with Gasteiger partial charge in [-0.1, -0.05) is 31.2 Å². The summed E-state index contributed by atoms with van der Waals surface area (Å²) in [6.07, 6.45) is 2.74. The van der Waals surface area contributed by atoms with Crippen LogP contribution in [0.5, 0.6) is 0 Å². The Labute approximate surface area is 95.7 Å². The third-order valence-electron chi connectivity index (χ3n) is 2.82. The number of aromatic nitrogens is 2. The van der Waals surface area contributed by atoms with Crippen molar-refractivity contribution in [3.8, 4) is 11.3 Å². The van der Waals surface area contributed by atoms with Crippen molar-refractivity contribution in [2.45, 2.75) is 26.3 Å². The molecule has 0 saturated carbocycles. The number of aryl methyl sites for hydroxylation is 1. The summed E-state index contributed by atoms with van der Waals surface area (Å²) in [5.74, 6) is 0.862. The molecule has 0 spiro atoms. The SMILES string of the molecule is CCC(N)c1ncc(-c2ccccc2C)[nH]1. The van der Waals surface area contributed by atoms with Crippen LogP contribution >= 0.6 is 0 Å². The van der Waals surface area contributed by atoms with E-state index in [0.29, 0.717) is 0 Å². The molecule has 2 rings (SSSR count). The fourth-order valence-electron chi connectivity index (χ4n) is 1.73. The summed E-state index contributed by atoms with van der Waals surface area (Å²) < 4.78 is 0. The van der Waals surface area contributed by atoms with E-state index < -0.39 is 0 Å². The zero-order chi connectivity index (χ0) is 11.5. The molecule has 3 N–H and O–H groups in total. The second-order valence-electron chi connectivity index (χ2n) is 4.01. The average molecular weight is 215 g/mol. The van der Waals surface area contributed by atoms with Crippen molar-refractivity contribution in [2.24, 2.45) is 5.73 Å². The molecule has 16 heavy (non-hydrogen) atoms. The minimum atomic E-state index is -0.00207. The van der Waals surface area contributed by atoms with Gasteiger partial charge in [0.1, 0.15) is 5.82 Å². The summed E-state index contributed by atoms with van der Waals surface area (Å²) in [5.41, 5.74) is 9.39. The number of aromatic amines is 1. The van der Waals surface area contributed by atoms with Gasteiger partial charge in [-0.15, -0.1) is 0 Å². The Balaban J connectivity index is 2.35. The van der Waals surface area contributed by atoms with Gasteiger partial charge in [-0.3, -0.25) is 0 Å². The summed E-state index contributed by atoms with van der Waals surface area (Å²) >= 11 is 0. The predicted octanol–water partition coefficient (Wildman–Crippen LogP) is 2.79. The van der Waals surface area contributed by atoms with Gasteiger partial charge in [-0.25, -0.2) is 4.98 Å². The first kappa shape index (κ1) is 10.9. The van der Waals surface area contributed by atoms with Crippen LogP contribution in [0.25, 0.3) is 11.3 Å². The lowest BCUT2D eigenvalue weighted by atomic mass is 10.1. The molecular formula is C13H17N3. The third-order valence-corrected chi connectivity index (χ3v) is 2.82. The maximum Gasteiger partial charge on any atom is 0.123 e. The summed E-state index contributed by atoms with van der Waals surface area (Å²) in [4.78, 5) is 7.61. The van der Waals surface area contributed by atoms with E-state index in [2.05, 4.69) is 35.9 Å². The Morgan fingerprint density at radius 1 is 1.38 bits per heavy atom. The van der Waals surface area contributed by atoms with Crippen LogP contribution in [0, 0.1) is 6.92 Å². The molecule has 1 heterocycles. The zero-order valence-electron chi connectivity index (χ0n) is 9.70. The Hall–Kier alpha value is -1.61. The van der Waals surface area contributed by atoms with Crippen LogP contribution in [-0.4, -0.2) is 9.97 Å². The topological polar surface area (TPSA) is 54.7 Å². The van der Waals surface area contributed by atoms with Crippen LogP contribution in [0.3, 0.4) is 0 Å². The molecule has 0 aliphatic rings. The van der Waals surface area contributed by atoms with Crippen LogP contribution in [0.15, 0.2) is 30.5 Å². The summed E-state index contributed by atoms with van der Waals surface area (Å²) in [5, 5.41) is 0. The highest BCUT2D eigenvalue weighted by Gasteiger charge is 2.09. The Bertz CT molecular complexity index is 474. The highest BCUT2D eigenvalue weighted by Crippen LogP contribution is 2.22. The van der Waals surface area contributed by atoms with Crippen LogP contribution in [0.4, 0.5) is 0 Å². The Kier molecular flexibility index (Phi) is 3.06. The van der Waals surface area contributed by atoms with Gasteiger partial charge in [0.05, 0.1) is 17.9 Å². The fourth-order valence-corrected chi connectivity index (χ4v) is 1.73. The van der Waals surface area contributed by atoms with Crippen molar-refractivity contribution in [3.05, 3.63) is 41.9 Å². The molecule has 0 fully saturated rings. The van der Waals surface area contributed by atoms with Gasteiger partial charge in [0.25, 0.3) is 0 Å². The highest BCUT2D eigenvalue weighted by molar-refractivity contribution is 5.62. The maximum atomic E-state index is 5.93. The third kappa shape index (κ3) is 1.99. The first-order valence-corrected chi connectivity index (χ1v) is 5.59. The van der Waals surface area contributed by atoms with E-state index in [4.69, 9.17) is 5.73 Å². The molecule has 0 bridgehead atoms. The second kappa shape index (κ2) is 4.49. The maximum absolute atomic E-state index is 5.93. The van der Waals surface area contributed by atoms with E-state index in [1.807, 2.05) is 18.3 Å². The number of hydrogen-bond acceptors (Lipinski definition) is 2. The van der Waals surface area contributed by atoms with E-state index in [1.54, 1.807) is 0 Å². The molecule has 84 valence electrons. The molecule has 1 atom stereocenters. The molecule has 0 saturated heterocycles. The molecule has 1 unspecified atom stereocenters. The van der Waals surface area contributed by atoms with E-state index in [1.165, 1.54) is 11.1 Å². The van der Waals surface area contributed by atoms with Crippen LogP contribution in [-0.2, 0) is 0 Å². The predicted molar refractivity (Wildman–Crippen MR) is 66.0 cm³/mol. The van der Waals surface area contributed by atoms with Crippen LogP contribution in [0.1, 0.15) is 30.8 Å². The number of nitrogens with one attached hydrogen (secondary N) is 1. The molecule has 2 aromatic rings. The largest absolute Gasteiger partial charge is 0.341 e. The van der Waals surface area contributed by atoms with Gasteiger partial charge in [0.2, 0.25) is 0 Å². The molecule has 3 nitrogen and oxygen atoms in total. The van der Waals surface area contributed by atoms with E-state index in [9.17, 15) is 0 Å². The average Bonchev–Trinajstić information content (AvgIpc) is 2.78. The van der Waals surface area contributed by atoms with Crippen LogP contribution < -0.4 is 5.73 Å². The first-order chi connectivity index (χ1) is 7.72. The molecular weight excluding hydrogens is 198 g/mol. The number of nitrogens with zero attached hydrogens (tertiary/aromatic N) is 1. The molecule has 1 aromatic heterocycles. The number of imidazole rings is 1. The highest BCUT2D eigenvalue weighted by atomic mass is 15.0. The first-order valence-electron chi connectivity index (χ1n) is 5.59. The Morgan fingerprint density at radius 2 is 2.12 bits per heavy atom. The lowest BCUT2D eigenvalue weighted by molar-refractivity contribution is 0.658. The number of nitrogens with two attached hydrogens (primary N) is 1. The summed E-state index contributed by atoms with van der Waals surface area (Å²) in [6, 6.07) is 8.24. The minimum absolute atomic E-state index is 0.00207. The van der Waals surface area contributed by atoms with Gasteiger partial charge in [0, 0.05) is 5.56 Å². The van der Waals surface area contributed by atoms with Gasteiger partial charge in [-0.2, -0.15) is 0 Å². The summed E-state index contributed by atoms with van der Waals surface area (Å²) in [7, 11) is 0. The Morgan fingerprint density at radius 3 is 2.81 bits per heavy atom. The van der Waals surface area contributed by atoms with Gasteiger partial charge >= 0.3 is 0 Å². The molecule has 0 amide bonds. The minimum Gasteiger partial charge on any atom is -0.341 e. The lowest BCUT2D eigenvalue weighted by Crippen LogP contribution is -2.10. The van der Waals surface area contributed by atoms with E-state index in [0.717, 1.165) is 17.9 Å². The number of hydrogen-bond donors (Lipinski definition) is 2. The van der Waals surface area contributed by atoms with Gasteiger partial charge in [0.15, 0.2) is 0 Å². The second-order valence-corrected chi connectivity index (χ2v) is 4.01. The number of H-pyrrole nitrogens is 1. The monoisotopic (exact) mass is 215 g/mol. The molecule has 1 aromatic carbocycles. The lowest BCUT2D eigenvalue weighted by Gasteiger charge is -2.04. The molecule has 0 radical (unpaired) electrons. The van der Waals surface area contributed by atoms with Crippen LogP contribution in [0.2, 0.25) is 0 Å². The zero-order valence-corrected chi connectivity index (χ0v) is 9.70. The smallest absolute Gasteiger partial charge is 0.123 e. The van der Waals surface area contributed by atoms with Crippen molar-refractivity contribution in [3.63, 3.8) is 0 Å². The van der Waals surface area contributed by atoms with E-state index in [-0.39, 0.29) is 6.04 Å². The molecule has 0 aliphatic carbocycles. The standard InChI is InChI=1S/C13H17N3/c1-3-11(14)13-15-8-12(16-13)10-7-5-4-6-9(10)2/h4-8,11H,3,14H2,1-2H3,(H,15,16). The van der Waals surface area contributed by atoms with Gasteiger partial charge < -0.3 is 10.7 Å². The normalized spacial score (nSPS) is 12.7. The summed E-state index contributed by atoms with van der Waals surface area (Å²) in [6.45, 7) is 4.15. The molecule has 3 heteroatoms. The van der Waals surface area contributed by atoms with Crippen molar-refractivity contribution in [1.82, 2.24) is 9.97 Å². The fraction of sp³-hybridized carbons (Fsp3) is 0.308. The van der Waals surface area contributed by atoms with Crippen molar-refractivity contribution in [1.29, 1.82) is 0 Å². The van der Waals surface area contributed by atoms with Crippen molar-refractivity contribution < 1.29 is 0 Å². The number of benzene rings is 1. The number of rotatable bonds is 3. The molecule has 0 aliphatic heterocycles. The van der Waals surface area contributed by atoms with Gasteiger partial charge in [-0.05, 0) is 18.9 Å². The van der Waals surface area contributed by atoms with E-state index >= 15 is 0 Å².